The van der Waals surface area contributed by atoms with Gasteiger partial charge in [-0.2, -0.15) is 5.10 Å². The van der Waals surface area contributed by atoms with E-state index in [0.717, 1.165) is 28.9 Å². The van der Waals surface area contributed by atoms with Crippen molar-refractivity contribution in [1.29, 1.82) is 0 Å². The number of hydrogen-bond donors (Lipinski definition) is 2. The minimum absolute atomic E-state index is 0.0120. The number of halogens is 1. The highest BCUT2D eigenvalue weighted by Gasteiger charge is 2.27. The SMILES string of the molecule is O=C(CCCOc1ccccc1Br)NCc1n[nH]c(=S)n1C1CC1. The monoisotopic (exact) mass is 410 g/mol. The van der Waals surface area contributed by atoms with Gasteiger partial charge in [0.15, 0.2) is 10.6 Å². The largest absolute Gasteiger partial charge is 0.492 e. The number of amides is 1. The molecule has 0 atom stereocenters. The van der Waals surface area contributed by atoms with Crippen LogP contribution in [-0.2, 0) is 11.3 Å². The molecular weight excluding hydrogens is 392 g/mol. The number of hydrogen-bond acceptors (Lipinski definition) is 4. The number of carbonyl (C=O) groups excluding carboxylic acids is 1. The molecule has 1 aromatic carbocycles. The summed E-state index contributed by atoms with van der Waals surface area (Å²) in [6, 6.07) is 8.11. The zero-order valence-corrected chi connectivity index (χ0v) is 15.5. The van der Waals surface area contributed by atoms with E-state index in [1.54, 1.807) is 0 Å². The molecule has 1 heterocycles. The fraction of sp³-hybridized carbons (Fsp3) is 0.438. The van der Waals surface area contributed by atoms with Gasteiger partial charge in [-0.3, -0.25) is 14.5 Å². The fourth-order valence-electron chi connectivity index (χ4n) is 2.41. The van der Waals surface area contributed by atoms with E-state index in [4.69, 9.17) is 17.0 Å². The number of H-pyrrole nitrogens is 1. The van der Waals surface area contributed by atoms with Crippen LogP contribution >= 0.6 is 28.1 Å². The summed E-state index contributed by atoms with van der Waals surface area (Å²) in [5.74, 6) is 1.57. The van der Waals surface area contributed by atoms with E-state index >= 15 is 0 Å². The summed E-state index contributed by atoms with van der Waals surface area (Å²) < 4.78 is 9.20. The number of ether oxygens (including phenoxy) is 1. The first-order valence-corrected chi connectivity index (χ1v) is 9.15. The fourth-order valence-corrected chi connectivity index (χ4v) is 3.11. The summed E-state index contributed by atoms with van der Waals surface area (Å²) in [4.78, 5) is 11.9. The lowest BCUT2D eigenvalue weighted by atomic mass is 10.3. The third-order valence-electron chi connectivity index (χ3n) is 3.78. The number of aromatic nitrogens is 3. The Morgan fingerprint density at radius 3 is 3.00 bits per heavy atom. The zero-order chi connectivity index (χ0) is 16.9. The lowest BCUT2D eigenvalue weighted by Gasteiger charge is -2.09. The third kappa shape index (κ3) is 4.45. The van der Waals surface area contributed by atoms with Gasteiger partial charge in [0.25, 0.3) is 0 Å². The molecule has 2 aromatic rings. The van der Waals surface area contributed by atoms with Crippen LogP contribution in [0.4, 0.5) is 0 Å². The van der Waals surface area contributed by atoms with Gasteiger partial charge in [0.05, 0.1) is 17.6 Å². The highest BCUT2D eigenvalue weighted by Crippen LogP contribution is 2.35. The molecule has 8 heteroatoms. The highest BCUT2D eigenvalue weighted by atomic mass is 79.9. The maximum atomic E-state index is 11.9. The van der Waals surface area contributed by atoms with Gasteiger partial charge < -0.3 is 10.1 Å². The molecule has 3 rings (SSSR count). The molecule has 1 aliphatic carbocycles. The number of rotatable bonds is 8. The molecule has 128 valence electrons. The maximum Gasteiger partial charge on any atom is 0.220 e. The van der Waals surface area contributed by atoms with Crippen molar-refractivity contribution in [2.24, 2.45) is 0 Å². The lowest BCUT2D eigenvalue weighted by molar-refractivity contribution is -0.121. The van der Waals surface area contributed by atoms with Gasteiger partial charge in [-0.05, 0) is 59.5 Å². The Labute approximate surface area is 153 Å². The minimum Gasteiger partial charge on any atom is -0.492 e. The van der Waals surface area contributed by atoms with Gasteiger partial charge >= 0.3 is 0 Å². The Morgan fingerprint density at radius 1 is 1.46 bits per heavy atom. The average Bonchev–Trinajstić information content (AvgIpc) is 3.34. The second-order valence-corrected chi connectivity index (χ2v) is 6.95. The molecule has 0 unspecified atom stereocenters. The predicted octanol–water partition coefficient (Wildman–Crippen LogP) is 3.51. The van der Waals surface area contributed by atoms with Crippen molar-refractivity contribution in [2.75, 3.05) is 6.61 Å². The number of nitrogens with zero attached hydrogens (tertiary/aromatic N) is 2. The first-order chi connectivity index (χ1) is 11.6. The van der Waals surface area contributed by atoms with Crippen LogP contribution in [-0.4, -0.2) is 27.3 Å². The normalized spacial score (nSPS) is 13.7. The first-order valence-electron chi connectivity index (χ1n) is 7.95. The number of para-hydroxylation sites is 1. The molecule has 0 saturated heterocycles. The van der Waals surface area contributed by atoms with Gasteiger partial charge in [0, 0.05) is 12.5 Å². The molecule has 1 fully saturated rings. The molecule has 1 amide bonds. The van der Waals surface area contributed by atoms with Crippen molar-refractivity contribution in [3.8, 4) is 5.75 Å². The molecular formula is C16H19BrN4O2S. The van der Waals surface area contributed by atoms with Gasteiger partial charge in [-0.1, -0.05) is 12.1 Å². The Hall–Kier alpha value is -1.67. The van der Waals surface area contributed by atoms with Crippen molar-refractivity contribution in [1.82, 2.24) is 20.1 Å². The van der Waals surface area contributed by atoms with Crippen molar-refractivity contribution in [3.05, 3.63) is 39.3 Å². The van der Waals surface area contributed by atoms with E-state index < -0.39 is 0 Å². The van der Waals surface area contributed by atoms with Crippen LogP contribution < -0.4 is 10.1 Å². The number of carbonyl (C=O) groups is 1. The number of nitrogens with one attached hydrogen (secondary N) is 2. The summed E-state index contributed by atoms with van der Waals surface area (Å²) in [5.41, 5.74) is 0. The Kier molecular flexibility index (Phi) is 5.68. The molecule has 24 heavy (non-hydrogen) atoms. The molecule has 0 aliphatic heterocycles. The smallest absolute Gasteiger partial charge is 0.220 e. The molecule has 0 spiro atoms. The lowest BCUT2D eigenvalue weighted by Crippen LogP contribution is -2.24. The van der Waals surface area contributed by atoms with E-state index in [2.05, 4.69) is 31.4 Å². The van der Waals surface area contributed by atoms with Crippen molar-refractivity contribution < 1.29 is 9.53 Å². The topological polar surface area (TPSA) is 71.9 Å². The first kappa shape index (κ1) is 17.2. The van der Waals surface area contributed by atoms with Crippen LogP contribution in [0.15, 0.2) is 28.7 Å². The van der Waals surface area contributed by atoms with E-state index in [1.807, 2.05) is 28.8 Å². The van der Waals surface area contributed by atoms with Gasteiger partial charge in [-0.25, -0.2) is 0 Å². The van der Waals surface area contributed by atoms with Crippen LogP contribution in [0, 0.1) is 4.77 Å². The van der Waals surface area contributed by atoms with Crippen molar-refractivity contribution in [2.45, 2.75) is 38.3 Å². The molecule has 1 aliphatic rings. The third-order valence-corrected chi connectivity index (χ3v) is 4.72. The van der Waals surface area contributed by atoms with Crippen molar-refractivity contribution in [3.63, 3.8) is 0 Å². The second kappa shape index (κ2) is 7.94. The summed E-state index contributed by atoms with van der Waals surface area (Å²) in [7, 11) is 0. The van der Waals surface area contributed by atoms with Gasteiger partial charge in [-0.15, -0.1) is 0 Å². The van der Waals surface area contributed by atoms with Crippen LogP contribution in [0.5, 0.6) is 5.75 Å². The predicted molar refractivity (Wildman–Crippen MR) is 96.4 cm³/mol. The Morgan fingerprint density at radius 2 is 2.25 bits per heavy atom. The Bertz CT molecular complexity index is 769. The summed E-state index contributed by atoms with van der Waals surface area (Å²) in [6.07, 6.45) is 3.32. The average molecular weight is 411 g/mol. The van der Waals surface area contributed by atoms with E-state index in [1.165, 1.54) is 0 Å². The molecule has 1 aromatic heterocycles. The summed E-state index contributed by atoms with van der Waals surface area (Å²) >= 11 is 8.65. The number of benzene rings is 1. The minimum atomic E-state index is -0.0120. The quantitative estimate of drug-likeness (QED) is 0.515. The van der Waals surface area contributed by atoms with Gasteiger partial charge in [0.1, 0.15) is 5.75 Å². The highest BCUT2D eigenvalue weighted by molar-refractivity contribution is 9.10. The molecule has 1 saturated carbocycles. The second-order valence-electron chi connectivity index (χ2n) is 5.71. The molecule has 0 radical (unpaired) electrons. The van der Waals surface area contributed by atoms with Crippen LogP contribution in [0.1, 0.15) is 37.5 Å². The maximum absolute atomic E-state index is 11.9. The van der Waals surface area contributed by atoms with Crippen LogP contribution in [0.3, 0.4) is 0 Å². The summed E-state index contributed by atoms with van der Waals surface area (Å²) in [6.45, 7) is 0.893. The van der Waals surface area contributed by atoms with Crippen LogP contribution in [0.25, 0.3) is 0 Å². The number of aromatic amines is 1. The standard InChI is InChI=1S/C16H19BrN4O2S/c17-12-4-1-2-5-13(12)23-9-3-6-15(22)18-10-14-19-20-16(24)21(14)11-7-8-11/h1-2,4-5,11H,3,6-10H2,(H,18,22)(H,20,24). The van der Waals surface area contributed by atoms with E-state index in [-0.39, 0.29) is 5.91 Å². The molecule has 0 bridgehead atoms. The molecule has 6 nitrogen and oxygen atoms in total. The van der Waals surface area contributed by atoms with E-state index in [0.29, 0.717) is 36.8 Å². The summed E-state index contributed by atoms with van der Waals surface area (Å²) in [5, 5.41) is 9.89. The van der Waals surface area contributed by atoms with Crippen LogP contribution in [0.2, 0.25) is 0 Å². The van der Waals surface area contributed by atoms with E-state index in [9.17, 15) is 4.79 Å². The van der Waals surface area contributed by atoms with Gasteiger partial charge in [0.2, 0.25) is 5.91 Å². The Balaban J connectivity index is 1.39. The van der Waals surface area contributed by atoms with Crippen molar-refractivity contribution >= 4 is 34.1 Å². The molecule has 2 N–H and O–H groups in total. The zero-order valence-electron chi connectivity index (χ0n) is 13.1.